The number of fused-ring (bicyclic) bond motifs is 1. The number of carbonyl (C=O) groups is 2. The molecule has 3 rings (SSSR count). The molecule has 1 aromatic rings. The molecule has 0 radical (unpaired) electrons. The molecule has 0 aliphatic carbocycles. The number of unbranched alkanes of at least 4 members (excludes halogenated alkanes) is 1. The molecule has 2 amide bonds. The van der Waals surface area contributed by atoms with E-state index in [9.17, 15) is 31.5 Å². The number of rotatable bonds is 6. The minimum atomic E-state index is -2.31. The van der Waals surface area contributed by atoms with Crippen molar-refractivity contribution in [1.29, 1.82) is 0 Å². The second-order valence-electron chi connectivity index (χ2n) is 6.24. The van der Waals surface area contributed by atoms with Crippen LogP contribution in [0.4, 0.5) is 26.7 Å². The van der Waals surface area contributed by atoms with Crippen LogP contribution in [-0.4, -0.2) is 35.1 Å². The maximum absolute atomic E-state index is 13.5. The first-order valence-electron chi connectivity index (χ1n) is 8.20. The zero-order valence-electron chi connectivity index (χ0n) is 13.8. The minimum Gasteiger partial charge on any atom is -0.420 e. The summed E-state index contributed by atoms with van der Waals surface area (Å²) in [7, 11) is 0. The number of thioether (sulfide) groups is 1. The fourth-order valence-corrected chi connectivity index (χ4v) is 4.64. The molecule has 3 atom stereocenters. The molecule has 2 aliphatic heterocycles. The maximum atomic E-state index is 13.5. The van der Waals surface area contributed by atoms with E-state index in [1.807, 2.05) is 0 Å². The Morgan fingerprint density at radius 2 is 1.63 bits per heavy atom. The van der Waals surface area contributed by atoms with Crippen molar-refractivity contribution in [2.75, 3.05) is 5.75 Å². The van der Waals surface area contributed by atoms with E-state index in [4.69, 9.17) is 0 Å². The van der Waals surface area contributed by atoms with Gasteiger partial charge in [-0.2, -0.15) is 20.5 Å². The van der Waals surface area contributed by atoms with Crippen molar-refractivity contribution in [3.8, 4) is 5.75 Å². The third kappa shape index (κ3) is 3.97. The van der Waals surface area contributed by atoms with Crippen LogP contribution in [0.2, 0.25) is 0 Å². The molecule has 5 nitrogen and oxygen atoms in total. The van der Waals surface area contributed by atoms with Gasteiger partial charge in [0, 0.05) is 17.4 Å². The zero-order valence-corrected chi connectivity index (χ0v) is 14.6. The Kier molecular flexibility index (Phi) is 5.78. The lowest BCUT2D eigenvalue weighted by Gasteiger charge is -2.16. The maximum Gasteiger partial charge on any atom is 0.315 e. The second-order valence-corrected chi connectivity index (χ2v) is 7.51. The number of halogens is 5. The van der Waals surface area contributed by atoms with Crippen LogP contribution in [-0.2, 0) is 4.79 Å². The Bertz CT molecular complexity index is 750. The molecule has 0 spiro atoms. The van der Waals surface area contributed by atoms with E-state index >= 15 is 0 Å². The van der Waals surface area contributed by atoms with Crippen molar-refractivity contribution in [3.63, 3.8) is 0 Å². The summed E-state index contributed by atoms with van der Waals surface area (Å²) < 4.78 is 70.4. The quantitative estimate of drug-likeness (QED) is 0.144. The number of esters is 1. The van der Waals surface area contributed by atoms with E-state index in [0.29, 0.717) is 19.3 Å². The molecule has 0 saturated carbocycles. The number of carbonyl (C=O) groups excluding carboxylic acids is 2. The molecule has 2 aliphatic rings. The van der Waals surface area contributed by atoms with E-state index < -0.39 is 40.8 Å². The van der Waals surface area contributed by atoms with Crippen molar-refractivity contribution >= 4 is 23.8 Å². The molecular weight excluding hydrogens is 395 g/mol. The number of hydrogen-bond donors (Lipinski definition) is 2. The topological polar surface area (TPSA) is 67.4 Å². The first-order valence-corrected chi connectivity index (χ1v) is 9.25. The van der Waals surface area contributed by atoms with Crippen LogP contribution in [0.15, 0.2) is 0 Å². The van der Waals surface area contributed by atoms with Crippen LogP contribution in [0.1, 0.15) is 25.7 Å². The van der Waals surface area contributed by atoms with Gasteiger partial charge in [0.2, 0.25) is 34.8 Å². The number of nitrogens with one attached hydrogen (secondary N) is 2. The number of amides is 2. The van der Waals surface area contributed by atoms with Gasteiger partial charge in [-0.25, -0.2) is 18.0 Å². The van der Waals surface area contributed by atoms with Crippen molar-refractivity contribution in [1.82, 2.24) is 10.6 Å². The highest BCUT2D eigenvalue weighted by atomic mass is 32.2. The van der Waals surface area contributed by atoms with Crippen molar-refractivity contribution in [2.24, 2.45) is 0 Å². The SMILES string of the molecule is O=C1N[C@H]2[C@H](CS[C@H]2CCCCC(=O)Oc2c(F)c(F)c(F)c(F)c2F)N1. The highest BCUT2D eigenvalue weighted by molar-refractivity contribution is 8.00. The molecule has 2 fully saturated rings. The van der Waals surface area contributed by atoms with Crippen LogP contribution in [0, 0.1) is 29.1 Å². The summed E-state index contributed by atoms with van der Waals surface area (Å²) in [6, 6.07) is -0.115. The summed E-state index contributed by atoms with van der Waals surface area (Å²) in [5.41, 5.74) is 0. The van der Waals surface area contributed by atoms with Gasteiger partial charge in [-0.1, -0.05) is 6.42 Å². The smallest absolute Gasteiger partial charge is 0.315 e. The monoisotopic (exact) mass is 410 g/mol. The third-order valence-corrected chi connectivity index (χ3v) is 5.95. The zero-order chi connectivity index (χ0) is 19.7. The highest BCUT2D eigenvalue weighted by Gasteiger charge is 2.42. The van der Waals surface area contributed by atoms with Gasteiger partial charge in [-0.15, -0.1) is 0 Å². The van der Waals surface area contributed by atoms with Gasteiger partial charge in [-0.05, 0) is 12.8 Å². The van der Waals surface area contributed by atoms with Crippen molar-refractivity contribution in [3.05, 3.63) is 29.1 Å². The molecular formula is C16H15F5N2O3S. The van der Waals surface area contributed by atoms with Crippen LogP contribution in [0.25, 0.3) is 0 Å². The normalized spacial score (nSPS) is 23.7. The fraction of sp³-hybridized carbons (Fsp3) is 0.500. The van der Waals surface area contributed by atoms with E-state index in [1.165, 1.54) is 0 Å². The van der Waals surface area contributed by atoms with Crippen LogP contribution in [0.3, 0.4) is 0 Å². The Morgan fingerprint density at radius 3 is 2.30 bits per heavy atom. The van der Waals surface area contributed by atoms with Crippen LogP contribution in [0.5, 0.6) is 5.75 Å². The number of ether oxygens (including phenoxy) is 1. The standard InChI is InChI=1S/C16H15F5N2O3S/c17-9-10(18)12(20)15(13(21)11(9)19)26-8(24)4-2-1-3-7-14-6(5-27-7)22-16(25)23-14/h6-7,14H,1-5H2,(H2,22,23,25)/t6-,7-,14-/m0/s1. The van der Waals surface area contributed by atoms with Crippen molar-refractivity contribution in [2.45, 2.75) is 43.0 Å². The molecule has 27 heavy (non-hydrogen) atoms. The molecule has 0 aromatic heterocycles. The lowest BCUT2D eigenvalue weighted by Crippen LogP contribution is -2.36. The number of hydrogen-bond acceptors (Lipinski definition) is 4. The minimum absolute atomic E-state index is 0.0165. The van der Waals surface area contributed by atoms with Crippen LogP contribution < -0.4 is 15.4 Å². The van der Waals surface area contributed by atoms with Gasteiger partial charge < -0.3 is 15.4 Å². The molecule has 2 saturated heterocycles. The van der Waals surface area contributed by atoms with Gasteiger partial charge >= 0.3 is 12.0 Å². The molecule has 1 aromatic carbocycles. The molecule has 2 N–H and O–H groups in total. The Hall–Kier alpha value is -2.04. The second kappa shape index (κ2) is 7.91. The summed E-state index contributed by atoms with van der Waals surface area (Å²) >= 11 is 1.69. The van der Waals surface area contributed by atoms with E-state index in [-0.39, 0.29) is 29.8 Å². The molecule has 2 heterocycles. The van der Waals surface area contributed by atoms with E-state index in [1.54, 1.807) is 11.8 Å². The van der Waals surface area contributed by atoms with Gasteiger partial charge in [0.15, 0.2) is 0 Å². The fourth-order valence-electron chi connectivity index (χ4n) is 3.10. The number of urea groups is 1. The number of benzene rings is 1. The largest absolute Gasteiger partial charge is 0.420 e. The first-order chi connectivity index (χ1) is 12.8. The average Bonchev–Trinajstić information content (AvgIpc) is 3.18. The predicted octanol–water partition coefficient (Wildman–Crippen LogP) is 3.01. The van der Waals surface area contributed by atoms with Crippen LogP contribution >= 0.6 is 11.8 Å². The molecule has 11 heteroatoms. The lowest BCUT2D eigenvalue weighted by molar-refractivity contribution is -0.135. The van der Waals surface area contributed by atoms with E-state index in [0.717, 1.165) is 5.75 Å². The molecule has 0 unspecified atom stereocenters. The Balaban J connectivity index is 1.48. The summed E-state index contributed by atoms with van der Waals surface area (Å²) in [6.07, 6.45) is 1.34. The summed E-state index contributed by atoms with van der Waals surface area (Å²) in [6.45, 7) is 0. The summed E-state index contributed by atoms with van der Waals surface area (Å²) in [5.74, 6) is -12.9. The summed E-state index contributed by atoms with van der Waals surface area (Å²) in [4.78, 5) is 23.0. The Labute approximate surface area is 155 Å². The third-order valence-electron chi connectivity index (χ3n) is 4.44. The van der Waals surface area contributed by atoms with Gasteiger partial charge in [0.05, 0.1) is 12.1 Å². The van der Waals surface area contributed by atoms with Gasteiger partial charge in [0.1, 0.15) is 0 Å². The molecule has 148 valence electrons. The molecule has 0 bridgehead atoms. The Morgan fingerprint density at radius 1 is 1.00 bits per heavy atom. The van der Waals surface area contributed by atoms with Gasteiger partial charge in [-0.3, -0.25) is 4.79 Å². The average molecular weight is 410 g/mol. The highest BCUT2D eigenvalue weighted by Crippen LogP contribution is 2.33. The van der Waals surface area contributed by atoms with Crippen molar-refractivity contribution < 1.29 is 36.3 Å². The van der Waals surface area contributed by atoms with E-state index in [2.05, 4.69) is 15.4 Å². The summed E-state index contributed by atoms with van der Waals surface area (Å²) in [5, 5.41) is 5.81. The predicted molar refractivity (Wildman–Crippen MR) is 85.8 cm³/mol. The van der Waals surface area contributed by atoms with Gasteiger partial charge in [0.25, 0.3) is 0 Å². The first kappa shape index (κ1) is 19.7. The lowest BCUT2D eigenvalue weighted by atomic mass is 10.0.